The SMILES string of the molecule is CSC[C@H](NC(=O)CC[C@H]([NH3+])C(=O)[O-])C(=O)[O-]. The molecule has 4 N–H and O–H groups in total. The maximum absolute atomic E-state index is 11.3. The van der Waals surface area contributed by atoms with E-state index in [4.69, 9.17) is 0 Å². The molecule has 1 amide bonds. The van der Waals surface area contributed by atoms with E-state index < -0.39 is 29.9 Å². The van der Waals surface area contributed by atoms with Crippen LogP contribution in [0.5, 0.6) is 0 Å². The Kier molecular flexibility index (Phi) is 7.31. The zero-order valence-corrected chi connectivity index (χ0v) is 10.2. The van der Waals surface area contributed by atoms with E-state index in [0.717, 1.165) is 0 Å². The van der Waals surface area contributed by atoms with Gasteiger partial charge in [-0.05, 0) is 6.26 Å². The molecule has 8 heteroatoms. The van der Waals surface area contributed by atoms with Gasteiger partial charge in [-0.25, -0.2) is 0 Å². The van der Waals surface area contributed by atoms with Gasteiger partial charge in [-0.3, -0.25) is 4.79 Å². The number of amides is 1. The molecule has 0 radical (unpaired) electrons. The van der Waals surface area contributed by atoms with Gasteiger partial charge in [-0.1, -0.05) is 0 Å². The Bertz CT molecular complexity index is 297. The van der Waals surface area contributed by atoms with Crippen LogP contribution in [0.25, 0.3) is 0 Å². The van der Waals surface area contributed by atoms with Gasteiger partial charge in [0.15, 0.2) is 0 Å². The smallest absolute Gasteiger partial charge is 0.220 e. The average molecular weight is 263 g/mol. The molecule has 0 fully saturated rings. The van der Waals surface area contributed by atoms with Gasteiger partial charge < -0.3 is 30.9 Å². The number of quaternary nitrogens is 1. The van der Waals surface area contributed by atoms with Crippen LogP contribution in [0.2, 0.25) is 0 Å². The van der Waals surface area contributed by atoms with Gasteiger partial charge >= 0.3 is 0 Å². The summed E-state index contributed by atoms with van der Waals surface area (Å²) in [4.78, 5) is 32.3. The molecule has 17 heavy (non-hydrogen) atoms. The van der Waals surface area contributed by atoms with Crippen molar-refractivity contribution in [3.8, 4) is 0 Å². The summed E-state index contributed by atoms with van der Waals surface area (Å²) in [5.74, 6) is -3.04. The van der Waals surface area contributed by atoms with Crippen molar-refractivity contribution in [2.24, 2.45) is 0 Å². The van der Waals surface area contributed by atoms with E-state index in [9.17, 15) is 24.6 Å². The van der Waals surface area contributed by atoms with Crippen LogP contribution in [0.4, 0.5) is 0 Å². The minimum absolute atomic E-state index is 0.00714. The molecule has 0 aliphatic carbocycles. The number of nitrogens with one attached hydrogen (secondary N) is 1. The summed E-state index contributed by atoms with van der Waals surface area (Å²) in [7, 11) is 0. The maximum Gasteiger partial charge on any atom is 0.220 e. The highest BCUT2D eigenvalue weighted by molar-refractivity contribution is 7.98. The molecular formula is C9H15N2O5S-. The van der Waals surface area contributed by atoms with Gasteiger partial charge in [0.2, 0.25) is 5.91 Å². The van der Waals surface area contributed by atoms with Crippen LogP contribution in [0.1, 0.15) is 12.8 Å². The van der Waals surface area contributed by atoms with Gasteiger partial charge in [-0.2, -0.15) is 11.8 Å². The van der Waals surface area contributed by atoms with Crippen molar-refractivity contribution >= 4 is 29.6 Å². The summed E-state index contributed by atoms with van der Waals surface area (Å²) in [6.45, 7) is 0. The van der Waals surface area contributed by atoms with E-state index in [2.05, 4.69) is 11.1 Å². The number of carboxylic acids is 2. The molecule has 0 saturated heterocycles. The summed E-state index contributed by atoms with van der Waals surface area (Å²) in [5.41, 5.74) is 3.29. The van der Waals surface area contributed by atoms with E-state index in [1.54, 1.807) is 6.26 Å². The first-order valence-corrected chi connectivity index (χ1v) is 6.31. The van der Waals surface area contributed by atoms with E-state index in [1.165, 1.54) is 11.8 Å². The fourth-order valence-electron chi connectivity index (χ4n) is 1.02. The lowest BCUT2D eigenvalue weighted by Crippen LogP contribution is -2.68. The minimum Gasteiger partial charge on any atom is -0.548 e. The molecule has 0 aromatic rings. The summed E-state index contributed by atoms with van der Waals surface area (Å²) >= 11 is 1.26. The molecule has 0 unspecified atom stereocenters. The van der Waals surface area contributed by atoms with Crippen molar-refractivity contribution in [2.45, 2.75) is 24.9 Å². The summed E-state index contributed by atoms with van der Waals surface area (Å²) in [6.07, 6.45) is 1.59. The first-order chi connectivity index (χ1) is 7.88. The Morgan fingerprint density at radius 1 is 1.29 bits per heavy atom. The zero-order valence-electron chi connectivity index (χ0n) is 9.43. The fraction of sp³-hybridized carbons (Fsp3) is 0.667. The molecule has 2 atom stereocenters. The van der Waals surface area contributed by atoms with E-state index in [-0.39, 0.29) is 18.6 Å². The first kappa shape index (κ1) is 15.7. The van der Waals surface area contributed by atoms with Crippen molar-refractivity contribution in [2.75, 3.05) is 12.0 Å². The Balaban J connectivity index is 4.06. The quantitative estimate of drug-likeness (QED) is 0.454. The minimum atomic E-state index is -1.36. The molecule has 0 saturated carbocycles. The normalized spacial score (nSPS) is 13.8. The maximum atomic E-state index is 11.3. The van der Waals surface area contributed by atoms with E-state index in [0.29, 0.717) is 0 Å². The molecule has 0 rings (SSSR count). The number of hydrogen-bond donors (Lipinski definition) is 2. The highest BCUT2D eigenvalue weighted by Crippen LogP contribution is 1.98. The number of aliphatic carboxylic acids is 2. The predicted octanol–water partition coefficient (Wildman–Crippen LogP) is -4.28. The zero-order chi connectivity index (χ0) is 13.4. The van der Waals surface area contributed by atoms with Crippen molar-refractivity contribution in [3.63, 3.8) is 0 Å². The summed E-state index contributed by atoms with van der Waals surface area (Å²) in [6, 6.07) is -2.05. The van der Waals surface area contributed by atoms with Crippen LogP contribution < -0.4 is 21.3 Å². The van der Waals surface area contributed by atoms with Crippen molar-refractivity contribution < 1.29 is 30.3 Å². The Morgan fingerprint density at radius 2 is 1.88 bits per heavy atom. The third-order valence-electron chi connectivity index (χ3n) is 2.01. The largest absolute Gasteiger partial charge is 0.548 e. The van der Waals surface area contributed by atoms with Gasteiger partial charge in [0, 0.05) is 18.6 Å². The molecule has 7 nitrogen and oxygen atoms in total. The van der Waals surface area contributed by atoms with Crippen LogP contribution in [-0.4, -0.2) is 41.9 Å². The van der Waals surface area contributed by atoms with Gasteiger partial charge in [0.05, 0.1) is 18.0 Å². The molecular weight excluding hydrogens is 248 g/mol. The van der Waals surface area contributed by atoms with Gasteiger partial charge in [-0.15, -0.1) is 0 Å². The highest BCUT2D eigenvalue weighted by Gasteiger charge is 2.15. The second kappa shape index (κ2) is 7.91. The van der Waals surface area contributed by atoms with Crippen LogP contribution in [0.3, 0.4) is 0 Å². The molecule has 98 valence electrons. The summed E-state index contributed by atoms with van der Waals surface area (Å²) < 4.78 is 0. The lowest BCUT2D eigenvalue weighted by Gasteiger charge is -2.18. The van der Waals surface area contributed by atoms with Crippen molar-refractivity contribution in [1.82, 2.24) is 5.32 Å². The molecule has 0 aromatic heterocycles. The van der Waals surface area contributed by atoms with Gasteiger partial charge in [0.25, 0.3) is 0 Å². The number of rotatable bonds is 8. The molecule has 0 spiro atoms. The molecule has 0 aliphatic heterocycles. The molecule has 0 aliphatic rings. The lowest BCUT2D eigenvalue weighted by molar-refractivity contribution is -0.438. The Labute approximate surface area is 103 Å². The monoisotopic (exact) mass is 263 g/mol. The molecule has 0 aromatic carbocycles. The van der Waals surface area contributed by atoms with Crippen molar-refractivity contribution in [3.05, 3.63) is 0 Å². The van der Waals surface area contributed by atoms with E-state index >= 15 is 0 Å². The molecule has 0 heterocycles. The molecule has 0 bridgehead atoms. The number of carbonyl (C=O) groups is 3. The third kappa shape index (κ3) is 6.80. The lowest BCUT2D eigenvalue weighted by atomic mass is 10.1. The second-order valence-electron chi connectivity index (χ2n) is 3.45. The van der Waals surface area contributed by atoms with Crippen LogP contribution in [-0.2, 0) is 14.4 Å². The second-order valence-corrected chi connectivity index (χ2v) is 4.36. The number of carboxylic acid groups (broad SMARTS) is 2. The van der Waals surface area contributed by atoms with Gasteiger partial charge in [0.1, 0.15) is 6.04 Å². The fourth-order valence-corrected chi connectivity index (χ4v) is 1.58. The van der Waals surface area contributed by atoms with E-state index in [1.807, 2.05) is 0 Å². The third-order valence-corrected chi connectivity index (χ3v) is 2.67. The average Bonchev–Trinajstić information content (AvgIpc) is 2.24. The number of thioether (sulfide) groups is 1. The van der Waals surface area contributed by atoms with Crippen LogP contribution in [0.15, 0.2) is 0 Å². The topological polar surface area (TPSA) is 137 Å². The predicted molar refractivity (Wildman–Crippen MR) is 56.2 cm³/mol. The van der Waals surface area contributed by atoms with Crippen LogP contribution in [0, 0.1) is 0 Å². The van der Waals surface area contributed by atoms with Crippen LogP contribution >= 0.6 is 11.8 Å². The standard InChI is InChI=1S/C9H16N2O5S/c1-17-4-6(9(15)16)11-7(12)3-2-5(10)8(13)14/h5-6H,2-4,10H2,1H3,(H,11,12)(H,13,14)(H,15,16)/p-1/t5-,6-/m0/s1. The first-order valence-electron chi connectivity index (χ1n) is 4.91. The summed E-state index contributed by atoms with van der Waals surface area (Å²) in [5, 5.41) is 23.2. The van der Waals surface area contributed by atoms with Crippen molar-refractivity contribution in [1.29, 1.82) is 0 Å². The Hall–Kier alpha value is -1.28. The number of carbonyl (C=O) groups excluding carboxylic acids is 3. The Morgan fingerprint density at radius 3 is 2.29 bits per heavy atom. The highest BCUT2D eigenvalue weighted by atomic mass is 32.2. The number of hydrogen-bond acceptors (Lipinski definition) is 6.